The van der Waals surface area contributed by atoms with Crippen molar-refractivity contribution in [1.82, 2.24) is 14.7 Å². The first-order valence-corrected chi connectivity index (χ1v) is 12.8. The number of aryl methyl sites for hydroxylation is 2. The summed E-state index contributed by atoms with van der Waals surface area (Å²) in [7, 11) is 0. The Morgan fingerprint density at radius 2 is 1.84 bits per heavy atom. The highest BCUT2D eigenvalue weighted by Gasteiger charge is 2.27. The summed E-state index contributed by atoms with van der Waals surface area (Å²) in [6.45, 7) is 5.83. The molecule has 1 aromatic heterocycles. The number of nitro benzene ring substituents is 1. The van der Waals surface area contributed by atoms with Gasteiger partial charge in [0, 0.05) is 23.9 Å². The number of hydrogen-bond donors (Lipinski definition) is 1. The maximum Gasteiger partial charge on any atom is 0.288 e. The third-order valence-corrected chi connectivity index (χ3v) is 6.47. The van der Waals surface area contributed by atoms with Gasteiger partial charge in [-0.05, 0) is 43.0 Å². The van der Waals surface area contributed by atoms with Crippen LogP contribution < -0.4 is 5.56 Å². The number of amides is 1. The normalized spacial score (nSPS) is 10.9. The molecule has 1 N–H and O–H groups in total. The number of para-hydroxylation sites is 1. The molecule has 0 fully saturated rings. The summed E-state index contributed by atoms with van der Waals surface area (Å²) in [5.74, 6) is -1.02. The van der Waals surface area contributed by atoms with Crippen LogP contribution in [0.3, 0.4) is 0 Å². The molecule has 2 aromatic carbocycles. The van der Waals surface area contributed by atoms with Gasteiger partial charge in [-0.3, -0.25) is 29.6 Å². The maximum absolute atomic E-state index is 13.5. The quantitative estimate of drug-likeness (QED) is 0.193. The second kappa shape index (κ2) is 12.5. The number of nitrogens with one attached hydrogen (secondary N) is 1. The minimum absolute atomic E-state index is 0.0316. The van der Waals surface area contributed by atoms with Crippen molar-refractivity contribution in [1.29, 1.82) is 0 Å². The highest BCUT2D eigenvalue weighted by molar-refractivity contribution is 6.32. The number of hydrogen-bond acceptors (Lipinski definition) is 5. The van der Waals surface area contributed by atoms with Gasteiger partial charge in [-0.2, -0.15) is 0 Å². The molecule has 1 heterocycles. The molecule has 1 amide bonds. The number of nitrogens with zero attached hydrogens (tertiary/aromatic N) is 3. The third-order valence-electron chi connectivity index (χ3n) is 6.15. The Balaban J connectivity index is 2.00. The number of carbonyl (C=O) groups excluding carboxylic acids is 2. The molecule has 0 radical (unpaired) electrons. The van der Waals surface area contributed by atoms with Crippen LogP contribution in [0.4, 0.5) is 5.69 Å². The first-order chi connectivity index (χ1) is 17.7. The Hall–Kier alpha value is -3.72. The number of aromatic nitrogens is 2. The van der Waals surface area contributed by atoms with E-state index < -0.39 is 22.2 Å². The van der Waals surface area contributed by atoms with Crippen molar-refractivity contribution < 1.29 is 14.5 Å². The number of Topliss-reactive ketones (excluding diaryl/α,β-unsaturated/α-hetero) is 1. The number of aromatic amines is 1. The summed E-state index contributed by atoms with van der Waals surface area (Å²) in [6, 6.07) is 11.3. The first kappa shape index (κ1) is 27.9. The molecule has 9 nitrogen and oxygen atoms in total. The summed E-state index contributed by atoms with van der Waals surface area (Å²) in [4.78, 5) is 52.3. The van der Waals surface area contributed by atoms with Crippen molar-refractivity contribution in [3.05, 3.63) is 90.3 Å². The minimum atomic E-state index is -0.659. The molecular weight excluding hydrogens is 496 g/mol. The van der Waals surface area contributed by atoms with Gasteiger partial charge >= 0.3 is 0 Å². The van der Waals surface area contributed by atoms with E-state index >= 15 is 0 Å². The van der Waals surface area contributed by atoms with E-state index in [1.165, 1.54) is 21.7 Å². The van der Waals surface area contributed by atoms with Crippen LogP contribution in [-0.2, 0) is 12.8 Å². The monoisotopic (exact) mass is 526 g/mol. The van der Waals surface area contributed by atoms with Gasteiger partial charge in [-0.1, -0.05) is 63.4 Å². The van der Waals surface area contributed by atoms with E-state index in [9.17, 15) is 24.5 Å². The lowest BCUT2D eigenvalue weighted by Crippen LogP contribution is -2.38. The Kier molecular flexibility index (Phi) is 9.41. The highest BCUT2D eigenvalue weighted by Crippen LogP contribution is 2.26. The van der Waals surface area contributed by atoms with Crippen molar-refractivity contribution in [2.75, 3.05) is 13.1 Å². The number of nitro groups is 1. The van der Waals surface area contributed by atoms with Crippen LogP contribution in [0.25, 0.3) is 5.69 Å². The van der Waals surface area contributed by atoms with Crippen molar-refractivity contribution in [3.63, 3.8) is 0 Å². The molecule has 3 aromatic rings. The zero-order valence-corrected chi connectivity index (χ0v) is 22.0. The van der Waals surface area contributed by atoms with Gasteiger partial charge in [-0.15, -0.1) is 0 Å². The minimum Gasteiger partial charge on any atom is -0.331 e. The van der Waals surface area contributed by atoms with Gasteiger partial charge in [0.15, 0.2) is 5.78 Å². The summed E-state index contributed by atoms with van der Waals surface area (Å²) >= 11 is 5.90. The van der Waals surface area contributed by atoms with Crippen LogP contribution in [0, 0.1) is 10.1 Å². The van der Waals surface area contributed by atoms with Crippen LogP contribution in [0.1, 0.15) is 72.0 Å². The number of halogens is 1. The van der Waals surface area contributed by atoms with Crippen molar-refractivity contribution in [3.8, 4) is 5.69 Å². The molecule has 0 aliphatic carbocycles. The summed E-state index contributed by atoms with van der Waals surface area (Å²) in [6.07, 6.45) is 3.30. The summed E-state index contributed by atoms with van der Waals surface area (Å²) in [5.41, 5.74) is 1.40. The van der Waals surface area contributed by atoms with Gasteiger partial charge in [-0.25, -0.2) is 4.68 Å². The Morgan fingerprint density at radius 1 is 1.11 bits per heavy atom. The molecule has 196 valence electrons. The van der Waals surface area contributed by atoms with E-state index in [0.717, 1.165) is 18.1 Å². The molecule has 37 heavy (non-hydrogen) atoms. The molecule has 0 aliphatic heterocycles. The lowest BCUT2D eigenvalue weighted by atomic mass is 10.1. The van der Waals surface area contributed by atoms with E-state index in [2.05, 4.69) is 5.10 Å². The van der Waals surface area contributed by atoms with Crippen LogP contribution in [0.2, 0.25) is 5.02 Å². The number of ketones is 1. The predicted molar refractivity (Wildman–Crippen MR) is 143 cm³/mol. The average molecular weight is 527 g/mol. The Morgan fingerprint density at radius 3 is 2.49 bits per heavy atom. The lowest BCUT2D eigenvalue weighted by molar-refractivity contribution is -0.384. The van der Waals surface area contributed by atoms with E-state index in [0.29, 0.717) is 37.1 Å². The fourth-order valence-electron chi connectivity index (χ4n) is 4.22. The van der Waals surface area contributed by atoms with Gasteiger partial charge in [0.2, 0.25) is 0 Å². The lowest BCUT2D eigenvalue weighted by Gasteiger charge is -2.22. The van der Waals surface area contributed by atoms with E-state index in [4.69, 9.17) is 11.6 Å². The summed E-state index contributed by atoms with van der Waals surface area (Å²) in [5, 5.41) is 14.3. The zero-order valence-electron chi connectivity index (χ0n) is 21.3. The average Bonchev–Trinajstić information content (AvgIpc) is 3.21. The first-order valence-electron chi connectivity index (χ1n) is 12.4. The van der Waals surface area contributed by atoms with Crippen LogP contribution in [0.15, 0.2) is 47.3 Å². The molecule has 0 unspecified atom stereocenters. The fraction of sp³-hybridized carbons (Fsp3) is 0.370. The van der Waals surface area contributed by atoms with Gasteiger partial charge in [0.05, 0.1) is 17.2 Å². The fourth-order valence-corrected chi connectivity index (χ4v) is 4.41. The molecule has 3 rings (SSSR count). The molecular formula is C27H31ClN4O5. The Bertz CT molecular complexity index is 1360. The largest absolute Gasteiger partial charge is 0.331 e. The SMILES string of the molecule is CCCCN(CC(=O)c1c(CCC)[nH]n(-c2ccccc2CC)c1=O)C(=O)c1ccc(Cl)c([N+](=O)[O-])c1. The molecule has 0 aliphatic rings. The van der Waals surface area contributed by atoms with Crippen LogP contribution in [-0.4, -0.2) is 44.4 Å². The number of H-pyrrole nitrogens is 1. The van der Waals surface area contributed by atoms with E-state index in [1.807, 2.05) is 45.0 Å². The third kappa shape index (κ3) is 6.17. The van der Waals surface area contributed by atoms with E-state index in [1.54, 1.807) is 0 Å². The number of unbranched alkanes of at least 4 members (excludes halogenated alkanes) is 1. The smallest absolute Gasteiger partial charge is 0.288 e. The van der Waals surface area contributed by atoms with E-state index in [-0.39, 0.29) is 34.9 Å². The second-order valence-corrected chi connectivity index (χ2v) is 9.17. The molecule has 0 saturated heterocycles. The van der Waals surface area contributed by atoms with Gasteiger partial charge in [0.25, 0.3) is 17.2 Å². The molecule has 0 atom stereocenters. The zero-order chi connectivity index (χ0) is 27.1. The standard InChI is InChI=1S/C27H31ClN4O5/c1-4-7-15-30(26(34)19-13-14-20(28)23(16-19)32(36)37)17-24(33)25-21(10-5-2)29-31(27(25)35)22-12-9-8-11-18(22)6-3/h8-9,11-14,16,29H,4-7,10,15,17H2,1-3H3. The van der Waals surface area contributed by atoms with Crippen molar-refractivity contribution in [2.45, 2.75) is 52.9 Å². The molecule has 0 spiro atoms. The number of benzene rings is 2. The molecule has 0 bridgehead atoms. The summed E-state index contributed by atoms with van der Waals surface area (Å²) < 4.78 is 1.40. The van der Waals surface area contributed by atoms with Crippen LogP contribution >= 0.6 is 11.6 Å². The molecule has 0 saturated carbocycles. The topological polar surface area (TPSA) is 118 Å². The predicted octanol–water partition coefficient (Wildman–Crippen LogP) is 5.37. The maximum atomic E-state index is 13.5. The van der Waals surface area contributed by atoms with Crippen molar-refractivity contribution in [2.24, 2.45) is 0 Å². The number of carbonyl (C=O) groups is 2. The highest BCUT2D eigenvalue weighted by atomic mass is 35.5. The number of rotatable bonds is 12. The van der Waals surface area contributed by atoms with Gasteiger partial charge in [0.1, 0.15) is 10.6 Å². The Labute approximate surface area is 220 Å². The van der Waals surface area contributed by atoms with Crippen molar-refractivity contribution >= 4 is 29.0 Å². The second-order valence-electron chi connectivity index (χ2n) is 8.76. The van der Waals surface area contributed by atoms with Gasteiger partial charge < -0.3 is 4.90 Å². The van der Waals surface area contributed by atoms with Crippen LogP contribution in [0.5, 0.6) is 0 Å². The molecule has 10 heteroatoms.